The number of hydrogen-bond acceptors (Lipinski definition) is 1. The number of fused-ring (bicyclic) bond motifs is 1. The maximum atomic E-state index is 8.73. The maximum absolute atomic E-state index is 8.73. The van der Waals surface area contributed by atoms with Crippen LogP contribution >= 0.6 is 11.6 Å². The molecule has 3 heteroatoms. The Labute approximate surface area is 81.0 Å². The number of hydrogen-bond donors (Lipinski definition) is 0. The summed E-state index contributed by atoms with van der Waals surface area (Å²) in [7, 11) is 1.93. The topological polar surface area (TPSA) is 28.7 Å². The van der Waals surface area contributed by atoms with E-state index in [9.17, 15) is 0 Å². The first-order valence-corrected chi connectivity index (χ1v) is 4.25. The van der Waals surface area contributed by atoms with Crippen LogP contribution in [0.5, 0.6) is 0 Å². The minimum Gasteiger partial charge on any atom is -0.350 e. The Morgan fingerprint density at radius 1 is 1.46 bits per heavy atom. The Balaban J connectivity index is 2.90. The summed E-state index contributed by atoms with van der Waals surface area (Å²) in [5.41, 5.74) is 1.59. The van der Waals surface area contributed by atoms with Crippen LogP contribution in [0.15, 0.2) is 24.4 Å². The van der Waals surface area contributed by atoms with Gasteiger partial charge in [0.1, 0.15) is 0 Å². The molecule has 13 heavy (non-hydrogen) atoms. The molecule has 2 rings (SSSR count). The second-order valence-corrected chi connectivity index (χ2v) is 3.34. The average molecular weight is 191 g/mol. The first-order chi connectivity index (χ1) is 6.22. The second-order valence-electron chi connectivity index (χ2n) is 2.93. The molecule has 0 saturated carbocycles. The summed E-state index contributed by atoms with van der Waals surface area (Å²) in [5, 5.41) is 10.4. The highest BCUT2D eigenvalue weighted by molar-refractivity contribution is 6.35. The molecule has 0 saturated heterocycles. The van der Waals surface area contributed by atoms with Crippen LogP contribution in [0.3, 0.4) is 0 Å². The predicted octanol–water partition coefficient (Wildman–Crippen LogP) is 2.70. The highest BCUT2D eigenvalue weighted by atomic mass is 35.5. The highest BCUT2D eigenvalue weighted by Crippen LogP contribution is 2.25. The third-order valence-electron chi connectivity index (χ3n) is 2.08. The Bertz CT molecular complexity index is 505. The largest absolute Gasteiger partial charge is 0.350 e. The molecule has 0 amide bonds. The zero-order valence-electron chi connectivity index (χ0n) is 7.08. The standard InChI is InChI=1S/C10H7ClN2/c1-13-3-2-8-9(11)4-7(6-12)5-10(8)13/h2-5H,1H3. The van der Waals surface area contributed by atoms with Gasteiger partial charge in [0, 0.05) is 18.6 Å². The van der Waals surface area contributed by atoms with Gasteiger partial charge in [-0.05, 0) is 18.2 Å². The summed E-state index contributed by atoms with van der Waals surface area (Å²) < 4.78 is 1.95. The van der Waals surface area contributed by atoms with E-state index in [1.54, 1.807) is 6.07 Å². The quantitative estimate of drug-likeness (QED) is 0.628. The molecular formula is C10H7ClN2. The van der Waals surface area contributed by atoms with Gasteiger partial charge in [0.25, 0.3) is 0 Å². The van der Waals surface area contributed by atoms with E-state index in [4.69, 9.17) is 16.9 Å². The van der Waals surface area contributed by atoms with Crippen molar-refractivity contribution in [1.82, 2.24) is 4.57 Å². The average Bonchev–Trinajstić information content (AvgIpc) is 2.48. The summed E-state index contributed by atoms with van der Waals surface area (Å²) in [6.45, 7) is 0. The molecule has 0 aliphatic heterocycles. The minimum absolute atomic E-state index is 0.597. The van der Waals surface area contributed by atoms with Crippen molar-refractivity contribution in [3.8, 4) is 6.07 Å². The zero-order valence-corrected chi connectivity index (χ0v) is 7.84. The molecule has 0 unspecified atom stereocenters. The molecule has 0 fully saturated rings. The Kier molecular flexibility index (Phi) is 1.75. The van der Waals surface area contributed by atoms with Crippen LogP contribution in [0.2, 0.25) is 5.02 Å². The molecular weight excluding hydrogens is 184 g/mol. The molecule has 0 bridgehead atoms. The smallest absolute Gasteiger partial charge is 0.0992 e. The number of aryl methyl sites for hydroxylation is 1. The maximum Gasteiger partial charge on any atom is 0.0992 e. The van der Waals surface area contributed by atoms with Crippen LogP contribution < -0.4 is 0 Å². The van der Waals surface area contributed by atoms with Crippen molar-refractivity contribution in [2.75, 3.05) is 0 Å². The molecule has 1 heterocycles. The van der Waals surface area contributed by atoms with E-state index in [-0.39, 0.29) is 0 Å². The molecule has 2 aromatic rings. The molecule has 1 aromatic heterocycles. The molecule has 64 valence electrons. The number of benzene rings is 1. The molecule has 0 aliphatic rings. The van der Waals surface area contributed by atoms with Crippen LogP contribution in [0, 0.1) is 11.3 Å². The number of aromatic nitrogens is 1. The molecule has 1 aromatic carbocycles. The van der Waals surface area contributed by atoms with E-state index in [2.05, 4.69) is 6.07 Å². The lowest BCUT2D eigenvalue weighted by Gasteiger charge is -1.98. The van der Waals surface area contributed by atoms with Crippen LogP contribution in [-0.2, 0) is 7.05 Å². The van der Waals surface area contributed by atoms with E-state index < -0.39 is 0 Å². The lowest BCUT2D eigenvalue weighted by atomic mass is 10.2. The number of rotatable bonds is 0. The molecule has 0 radical (unpaired) electrons. The van der Waals surface area contributed by atoms with Crippen molar-refractivity contribution in [1.29, 1.82) is 5.26 Å². The minimum atomic E-state index is 0.597. The van der Waals surface area contributed by atoms with E-state index in [1.807, 2.05) is 29.9 Å². The van der Waals surface area contributed by atoms with Crippen molar-refractivity contribution in [2.45, 2.75) is 0 Å². The third-order valence-corrected chi connectivity index (χ3v) is 2.39. The van der Waals surface area contributed by atoms with Crippen LogP contribution in [0.4, 0.5) is 0 Å². The molecule has 0 N–H and O–H groups in total. The summed E-state index contributed by atoms with van der Waals surface area (Å²) in [6.07, 6.45) is 1.93. The van der Waals surface area contributed by atoms with Crippen molar-refractivity contribution in [2.24, 2.45) is 7.05 Å². The first-order valence-electron chi connectivity index (χ1n) is 3.87. The summed E-state index contributed by atoms with van der Waals surface area (Å²) in [6, 6.07) is 7.54. The molecule has 0 spiro atoms. The molecule has 0 atom stereocenters. The van der Waals surface area contributed by atoms with Gasteiger partial charge in [-0.3, -0.25) is 0 Å². The van der Waals surface area contributed by atoms with Gasteiger partial charge in [0.15, 0.2) is 0 Å². The van der Waals surface area contributed by atoms with E-state index in [1.165, 1.54) is 0 Å². The summed E-state index contributed by atoms with van der Waals surface area (Å²) in [5.74, 6) is 0. The van der Waals surface area contributed by atoms with Gasteiger partial charge >= 0.3 is 0 Å². The summed E-state index contributed by atoms with van der Waals surface area (Å²) in [4.78, 5) is 0. The van der Waals surface area contributed by atoms with Gasteiger partial charge in [-0.2, -0.15) is 5.26 Å². The van der Waals surface area contributed by atoms with E-state index >= 15 is 0 Å². The molecule has 2 nitrogen and oxygen atoms in total. The number of nitrogens with zero attached hydrogens (tertiary/aromatic N) is 2. The van der Waals surface area contributed by atoms with Gasteiger partial charge in [-0.25, -0.2) is 0 Å². The van der Waals surface area contributed by atoms with Crippen LogP contribution in [0.1, 0.15) is 5.56 Å². The lowest BCUT2D eigenvalue weighted by molar-refractivity contribution is 0.969. The SMILES string of the molecule is Cn1ccc2c(Cl)cc(C#N)cc21. The summed E-state index contributed by atoms with van der Waals surface area (Å²) >= 11 is 5.99. The zero-order chi connectivity index (χ0) is 9.42. The molecule has 0 aliphatic carbocycles. The van der Waals surface area contributed by atoms with E-state index in [0.29, 0.717) is 10.6 Å². The Hall–Kier alpha value is -1.46. The highest BCUT2D eigenvalue weighted by Gasteiger charge is 2.04. The van der Waals surface area contributed by atoms with Crippen molar-refractivity contribution in [3.63, 3.8) is 0 Å². The van der Waals surface area contributed by atoms with Crippen molar-refractivity contribution in [3.05, 3.63) is 35.0 Å². The van der Waals surface area contributed by atoms with Crippen molar-refractivity contribution < 1.29 is 0 Å². The van der Waals surface area contributed by atoms with Crippen molar-refractivity contribution >= 4 is 22.5 Å². The number of halogens is 1. The van der Waals surface area contributed by atoms with Gasteiger partial charge in [0.05, 0.1) is 22.2 Å². The van der Waals surface area contributed by atoms with Gasteiger partial charge < -0.3 is 4.57 Å². The Morgan fingerprint density at radius 3 is 2.92 bits per heavy atom. The fourth-order valence-corrected chi connectivity index (χ4v) is 1.67. The fraction of sp³-hybridized carbons (Fsp3) is 0.100. The van der Waals surface area contributed by atoms with Crippen LogP contribution in [0.25, 0.3) is 10.9 Å². The fourth-order valence-electron chi connectivity index (χ4n) is 1.39. The van der Waals surface area contributed by atoms with E-state index in [0.717, 1.165) is 10.9 Å². The van der Waals surface area contributed by atoms with Gasteiger partial charge in [-0.15, -0.1) is 0 Å². The first kappa shape index (κ1) is 8.15. The Morgan fingerprint density at radius 2 is 2.23 bits per heavy atom. The van der Waals surface area contributed by atoms with Gasteiger partial charge in [-0.1, -0.05) is 11.6 Å². The monoisotopic (exact) mass is 190 g/mol. The lowest BCUT2D eigenvalue weighted by Crippen LogP contribution is -1.85. The van der Waals surface area contributed by atoms with Gasteiger partial charge in [0.2, 0.25) is 0 Å². The number of nitriles is 1. The third kappa shape index (κ3) is 1.18. The normalized spacial score (nSPS) is 10.2. The van der Waals surface area contributed by atoms with Crippen LogP contribution in [-0.4, -0.2) is 4.57 Å². The predicted molar refractivity (Wildman–Crippen MR) is 52.6 cm³/mol. The second kappa shape index (κ2) is 2.79.